The van der Waals surface area contributed by atoms with Crippen molar-refractivity contribution in [2.24, 2.45) is 0 Å². The van der Waals surface area contributed by atoms with Gasteiger partial charge in [0.1, 0.15) is 0 Å². The van der Waals surface area contributed by atoms with Gasteiger partial charge < -0.3 is 4.90 Å². The Kier molecular flexibility index (Phi) is 5.59. The number of carbonyl (C=O) groups excluding carboxylic acids is 1. The summed E-state index contributed by atoms with van der Waals surface area (Å²) >= 11 is 5.28. The number of aromatic nitrogens is 4. The lowest BCUT2D eigenvalue weighted by Gasteiger charge is -2.31. The number of piperidine rings is 1. The predicted octanol–water partition coefficient (Wildman–Crippen LogP) is 5.56. The number of halogens is 1. The Bertz CT molecular complexity index is 1300. The molecule has 1 fully saturated rings. The SMILES string of the molecule is Cc1cc2ncc(C(=O)N3CCC(c4nc(-c5ccc(Br)cc5)c(C)s4)CC3)c(C)n2n1. The van der Waals surface area contributed by atoms with Gasteiger partial charge in [0.15, 0.2) is 5.65 Å². The summed E-state index contributed by atoms with van der Waals surface area (Å²) in [5.41, 5.74) is 5.35. The molecular formula is C24H24BrN5OS. The van der Waals surface area contributed by atoms with Crippen molar-refractivity contribution < 1.29 is 4.79 Å². The van der Waals surface area contributed by atoms with E-state index in [1.54, 1.807) is 22.0 Å². The van der Waals surface area contributed by atoms with Crippen LogP contribution in [0.1, 0.15) is 50.4 Å². The number of likely N-dealkylation sites (tertiary alicyclic amines) is 1. The summed E-state index contributed by atoms with van der Waals surface area (Å²) in [4.78, 5) is 25.8. The average Bonchev–Trinajstić information content (AvgIpc) is 3.37. The molecule has 0 atom stereocenters. The molecule has 0 N–H and O–H groups in total. The molecule has 5 rings (SSSR count). The molecule has 0 unspecified atom stereocenters. The number of aryl methyl sites for hydroxylation is 3. The maximum absolute atomic E-state index is 13.2. The van der Waals surface area contributed by atoms with Crippen molar-refractivity contribution in [3.63, 3.8) is 0 Å². The Morgan fingerprint density at radius 3 is 2.56 bits per heavy atom. The smallest absolute Gasteiger partial charge is 0.257 e. The molecule has 1 aromatic carbocycles. The zero-order chi connectivity index (χ0) is 22.4. The molecule has 0 aliphatic carbocycles. The van der Waals surface area contributed by atoms with E-state index in [9.17, 15) is 4.79 Å². The zero-order valence-corrected chi connectivity index (χ0v) is 20.7. The Morgan fingerprint density at radius 1 is 1.12 bits per heavy atom. The molecule has 164 valence electrons. The highest BCUT2D eigenvalue weighted by atomic mass is 79.9. The van der Waals surface area contributed by atoms with Crippen molar-refractivity contribution in [1.29, 1.82) is 0 Å². The van der Waals surface area contributed by atoms with Gasteiger partial charge in [-0.25, -0.2) is 14.5 Å². The third kappa shape index (κ3) is 3.86. The number of hydrogen-bond acceptors (Lipinski definition) is 5. The Labute approximate surface area is 199 Å². The Hall–Kier alpha value is -2.58. The third-order valence-electron chi connectivity index (χ3n) is 6.14. The summed E-state index contributed by atoms with van der Waals surface area (Å²) in [6, 6.07) is 10.2. The first kappa shape index (κ1) is 21.3. The minimum absolute atomic E-state index is 0.0365. The van der Waals surface area contributed by atoms with Crippen LogP contribution in [-0.4, -0.2) is 43.5 Å². The van der Waals surface area contributed by atoms with Crippen molar-refractivity contribution >= 4 is 38.8 Å². The summed E-state index contributed by atoms with van der Waals surface area (Å²) < 4.78 is 2.83. The van der Waals surface area contributed by atoms with Crippen LogP contribution in [0.25, 0.3) is 16.9 Å². The fourth-order valence-corrected chi connectivity index (χ4v) is 5.72. The highest BCUT2D eigenvalue weighted by Gasteiger charge is 2.28. The fourth-order valence-electron chi connectivity index (χ4n) is 4.34. The molecule has 4 heterocycles. The predicted molar refractivity (Wildman–Crippen MR) is 130 cm³/mol. The van der Waals surface area contributed by atoms with Crippen LogP contribution in [0.4, 0.5) is 0 Å². The normalized spacial score (nSPS) is 14.9. The Morgan fingerprint density at radius 2 is 1.84 bits per heavy atom. The standard InChI is InChI=1S/C24H24BrN5OS/c1-14-12-21-26-13-20(15(2)30(21)28-14)24(31)29-10-8-18(9-11-29)23-27-22(16(3)32-23)17-4-6-19(25)7-5-17/h4-7,12-13,18H,8-11H2,1-3H3. The van der Waals surface area contributed by atoms with E-state index in [4.69, 9.17) is 4.98 Å². The molecule has 1 aliphatic rings. The molecule has 1 aliphatic heterocycles. The van der Waals surface area contributed by atoms with E-state index in [2.05, 4.69) is 57.2 Å². The second-order valence-electron chi connectivity index (χ2n) is 8.34. The summed E-state index contributed by atoms with van der Waals surface area (Å²) in [6.45, 7) is 7.46. The molecular weight excluding hydrogens is 486 g/mol. The minimum atomic E-state index is 0.0365. The first-order valence-electron chi connectivity index (χ1n) is 10.7. The van der Waals surface area contributed by atoms with Gasteiger partial charge in [0, 0.05) is 46.2 Å². The molecule has 4 aromatic rings. The second kappa shape index (κ2) is 8.41. The highest BCUT2D eigenvalue weighted by Crippen LogP contribution is 2.36. The van der Waals surface area contributed by atoms with Gasteiger partial charge in [0.05, 0.1) is 27.7 Å². The zero-order valence-electron chi connectivity index (χ0n) is 18.3. The van der Waals surface area contributed by atoms with Crippen LogP contribution >= 0.6 is 27.3 Å². The number of hydrogen-bond donors (Lipinski definition) is 0. The number of thiazole rings is 1. The van der Waals surface area contributed by atoms with Crippen LogP contribution in [0.3, 0.4) is 0 Å². The molecule has 0 bridgehead atoms. The van der Waals surface area contributed by atoms with Gasteiger partial charge in [-0.3, -0.25) is 4.79 Å². The van der Waals surface area contributed by atoms with Gasteiger partial charge in [-0.15, -0.1) is 11.3 Å². The van der Waals surface area contributed by atoms with Crippen LogP contribution in [0.2, 0.25) is 0 Å². The quantitative estimate of drug-likeness (QED) is 0.362. The van der Waals surface area contributed by atoms with Crippen LogP contribution in [-0.2, 0) is 0 Å². The number of rotatable bonds is 3. The van der Waals surface area contributed by atoms with E-state index in [1.165, 1.54) is 9.88 Å². The van der Waals surface area contributed by atoms with Crippen molar-refractivity contribution in [1.82, 2.24) is 24.5 Å². The largest absolute Gasteiger partial charge is 0.338 e. The van der Waals surface area contributed by atoms with Gasteiger partial charge in [-0.05, 0) is 45.7 Å². The van der Waals surface area contributed by atoms with Crippen molar-refractivity contribution in [3.8, 4) is 11.3 Å². The fraction of sp³-hybridized carbons (Fsp3) is 0.333. The summed E-state index contributed by atoms with van der Waals surface area (Å²) in [7, 11) is 0. The van der Waals surface area contributed by atoms with E-state index >= 15 is 0 Å². The van der Waals surface area contributed by atoms with Crippen molar-refractivity contribution in [2.45, 2.75) is 39.5 Å². The number of fused-ring (bicyclic) bond motifs is 1. The van der Waals surface area contributed by atoms with Crippen LogP contribution in [0, 0.1) is 20.8 Å². The van der Waals surface area contributed by atoms with Crippen LogP contribution in [0.5, 0.6) is 0 Å². The van der Waals surface area contributed by atoms with Crippen molar-refractivity contribution in [2.75, 3.05) is 13.1 Å². The molecule has 0 saturated carbocycles. The van der Waals surface area contributed by atoms with Gasteiger partial charge in [-0.2, -0.15) is 5.10 Å². The van der Waals surface area contributed by atoms with Gasteiger partial charge >= 0.3 is 0 Å². The van der Waals surface area contributed by atoms with E-state index in [-0.39, 0.29) is 5.91 Å². The summed E-state index contributed by atoms with van der Waals surface area (Å²) in [6.07, 6.45) is 3.54. The van der Waals surface area contributed by atoms with E-state index in [0.29, 0.717) is 11.5 Å². The monoisotopic (exact) mass is 509 g/mol. The van der Waals surface area contributed by atoms with Crippen molar-refractivity contribution in [3.05, 3.63) is 67.8 Å². The van der Waals surface area contributed by atoms with Crippen LogP contribution < -0.4 is 0 Å². The lowest BCUT2D eigenvalue weighted by Crippen LogP contribution is -2.38. The molecule has 0 spiro atoms. The average molecular weight is 510 g/mol. The summed E-state index contributed by atoms with van der Waals surface area (Å²) in [5.74, 6) is 0.428. The first-order valence-corrected chi connectivity index (χ1v) is 12.4. The highest BCUT2D eigenvalue weighted by molar-refractivity contribution is 9.10. The molecule has 3 aromatic heterocycles. The number of amides is 1. The molecule has 6 nitrogen and oxygen atoms in total. The number of benzene rings is 1. The maximum atomic E-state index is 13.2. The maximum Gasteiger partial charge on any atom is 0.257 e. The molecule has 1 amide bonds. The van der Waals surface area contributed by atoms with Gasteiger partial charge in [0.25, 0.3) is 5.91 Å². The molecule has 0 radical (unpaired) electrons. The van der Waals surface area contributed by atoms with E-state index in [0.717, 1.165) is 58.7 Å². The lowest BCUT2D eigenvalue weighted by molar-refractivity contribution is 0.0711. The topological polar surface area (TPSA) is 63.4 Å². The van der Waals surface area contributed by atoms with E-state index in [1.807, 2.05) is 24.8 Å². The number of carbonyl (C=O) groups is 1. The summed E-state index contributed by atoms with van der Waals surface area (Å²) in [5, 5.41) is 5.65. The molecule has 8 heteroatoms. The van der Waals surface area contributed by atoms with Gasteiger partial charge in [0.2, 0.25) is 0 Å². The van der Waals surface area contributed by atoms with Gasteiger partial charge in [-0.1, -0.05) is 28.1 Å². The lowest BCUT2D eigenvalue weighted by atomic mass is 9.97. The third-order valence-corrected chi connectivity index (χ3v) is 7.80. The molecule has 1 saturated heterocycles. The van der Waals surface area contributed by atoms with E-state index < -0.39 is 0 Å². The molecule has 32 heavy (non-hydrogen) atoms. The minimum Gasteiger partial charge on any atom is -0.338 e. The second-order valence-corrected chi connectivity index (χ2v) is 10.5. The van der Waals surface area contributed by atoms with Crippen LogP contribution in [0.15, 0.2) is 41.0 Å². The first-order chi connectivity index (χ1) is 15.4. The number of nitrogens with zero attached hydrogens (tertiary/aromatic N) is 5. The Balaban J connectivity index is 1.30.